The molecule has 0 spiro atoms. The highest BCUT2D eigenvalue weighted by Crippen LogP contribution is 2.33. The van der Waals surface area contributed by atoms with Gasteiger partial charge in [0.05, 0.1) is 18.9 Å². The lowest BCUT2D eigenvalue weighted by Crippen LogP contribution is -2.49. The van der Waals surface area contributed by atoms with Crippen molar-refractivity contribution in [2.24, 2.45) is 12.2 Å². The van der Waals surface area contributed by atoms with E-state index < -0.39 is 16.6 Å². The third-order valence-electron chi connectivity index (χ3n) is 2.59. The van der Waals surface area contributed by atoms with Crippen molar-refractivity contribution < 1.29 is 13.7 Å². The maximum Gasteiger partial charge on any atom is 0.164 e. The first-order valence-electron chi connectivity index (χ1n) is 4.43. The van der Waals surface area contributed by atoms with E-state index >= 15 is 0 Å². The van der Waals surface area contributed by atoms with Crippen LogP contribution < -0.4 is 5.14 Å². The summed E-state index contributed by atoms with van der Waals surface area (Å²) in [5.74, 6) is 0. The Balaban J connectivity index is 2.39. The Morgan fingerprint density at radius 2 is 2.40 bits per heavy atom. The number of methoxy groups -OCH3 is 1. The Labute approximate surface area is 89.9 Å². The molecule has 0 saturated carbocycles. The van der Waals surface area contributed by atoms with Gasteiger partial charge in [0.25, 0.3) is 0 Å². The minimum Gasteiger partial charge on any atom is -0.374 e. The van der Waals surface area contributed by atoms with Crippen LogP contribution in [-0.2, 0) is 33.1 Å². The summed E-state index contributed by atoms with van der Waals surface area (Å²) >= 11 is 0. The lowest BCUT2D eigenvalue weighted by Gasteiger charge is -2.39. The summed E-state index contributed by atoms with van der Waals surface area (Å²) in [7, 11) is 1.83. The standard InChI is InChI=1S/C8H13N3O3S/c1-11-6(3-7(10-11)15(9)12)8(13-2)4-14-5-8/h3H,4-5,9H2,1-2H3. The number of ether oxygens (including phenoxy) is 2. The van der Waals surface area contributed by atoms with Gasteiger partial charge in [-0.05, 0) is 0 Å². The zero-order chi connectivity index (χ0) is 11.1. The smallest absolute Gasteiger partial charge is 0.164 e. The number of nitrogens with zero attached hydrogens (tertiary/aromatic N) is 2. The molecule has 1 unspecified atom stereocenters. The normalized spacial score (nSPS) is 21.0. The monoisotopic (exact) mass is 231 g/mol. The number of aryl methyl sites for hydroxylation is 1. The van der Waals surface area contributed by atoms with E-state index in [1.165, 1.54) is 0 Å². The van der Waals surface area contributed by atoms with E-state index in [9.17, 15) is 4.21 Å². The summed E-state index contributed by atoms with van der Waals surface area (Å²) in [6.07, 6.45) is 0. The predicted molar refractivity (Wildman–Crippen MR) is 53.3 cm³/mol. The van der Waals surface area contributed by atoms with Gasteiger partial charge in [-0.1, -0.05) is 0 Å². The third kappa shape index (κ3) is 1.61. The van der Waals surface area contributed by atoms with Crippen LogP contribution in [0.4, 0.5) is 0 Å². The number of nitrogens with two attached hydrogens (primary N) is 1. The Morgan fingerprint density at radius 1 is 1.73 bits per heavy atom. The van der Waals surface area contributed by atoms with E-state index in [1.54, 1.807) is 24.9 Å². The molecule has 2 rings (SSSR count). The third-order valence-corrected chi connectivity index (χ3v) is 3.20. The van der Waals surface area contributed by atoms with E-state index in [2.05, 4.69) is 5.10 Å². The zero-order valence-electron chi connectivity index (χ0n) is 8.60. The fourth-order valence-electron chi connectivity index (χ4n) is 1.62. The highest BCUT2D eigenvalue weighted by Gasteiger charge is 2.43. The second-order valence-electron chi connectivity index (χ2n) is 3.48. The largest absolute Gasteiger partial charge is 0.374 e. The fraction of sp³-hybridized carbons (Fsp3) is 0.625. The molecule has 6 nitrogen and oxygen atoms in total. The molecular formula is C8H13N3O3S. The molecule has 2 N–H and O–H groups in total. The lowest BCUT2D eigenvalue weighted by atomic mass is 9.97. The van der Waals surface area contributed by atoms with Gasteiger partial charge in [-0.2, -0.15) is 5.10 Å². The number of hydrogen-bond acceptors (Lipinski definition) is 4. The molecule has 0 radical (unpaired) electrons. The molecule has 1 aromatic rings. The summed E-state index contributed by atoms with van der Waals surface area (Å²) in [6.45, 7) is 0.972. The van der Waals surface area contributed by atoms with Crippen LogP contribution in [0.3, 0.4) is 0 Å². The van der Waals surface area contributed by atoms with Gasteiger partial charge in [-0.25, -0.2) is 9.35 Å². The van der Waals surface area contributed by atoms with E-state index in [1.807, 2.05) is 0 Å². The second kappa shape index (κ2) is 3.67. The van der Waals surface area contributed by atoms with E-state index in [0.29, 0.717) is 18.2 Å². The molecule has 0 aromatic carbocycles. The average molecular weight is 231 g/mol. The van der Waals surface area contributed by atoms with Crippen molar-refractivity contribution in [3.8, 4) is 0 Å². The first-order chi connectivity index (χ1) is 7.09. The Kier molecular flexibility index (Phi) is 2.63. The quantitative estimate of drug-likeness (QED) is 0.744. The molecular weight excluding hydrogens is 218 g/mol. The molecule has 15 heavy (non-hydrogen) atoms. The van der Waals surface area contributed by atoms with Crippen molar-refractivity contribution in [2.75, 3.05) is 20.3 Å². The van der Waals surface area contributed by atoms with Gasteiger partial charge >= 0.3 is 0 Å². The van der Waals surface area contributed by atoms with Crippen molar-refractivity contribution in [3.63, 3.8) is 0 Å². The number of hydrogen-bond donors (Lipinski definition) is 1. The SMILES string of the molecule is COC1(c2cc(S(N)=O)nn2C)COC1. The summed E-state index contributed by atoms with van der Waals surface area (Å²) in [5.41, 5.74) is 0.379. The molecule has 0 aliphatic carbocycles. The van der Waals surface area contributed by atoms with Gasteiger partial charge < -0.3 is 9.47 Å². The van der Waals surface area contributed by atoms with Crippen LogP contribution in [0, 0.1) is 0 Å². The van der Waals surface area contributed by atoms with Crippen LogP contribution in [0.1, 0.15) is 5.69 Å². The molecule has 1 fully saturated rings. The van der Waals surface area contributed by atoms with Gasteiger partial charge in [-0.3, -0.25) is 4.68 Å². The number of rotatable bonds is 3. The van der Waals surface area contributed by atoms with Crippen molar-refractivity contribution in [1.29, 1.82) is 0 Å². The van der Waals surface area contributed by atoms with Crippen LogP contribution in [0.5, 0.6) is 0 Å². The Bertz CT molecular complexity index is 394. The molecule has 2 heterocycles. The summed E-state index contributed by atoms with van der Waals surface area (Å²) in [6, 6.07) is 1.70. The molecule has 1 aliphatic heterocycles. The molecule has 1 aliphatic rings. The topological polar surface area (TPSA) is 79.4 Å². The predicted octanol–water partition coefficient (Wildman–Crippen LogP) is -0.727. The van der Waals surface area contributed by atoms with Crippen LogP contribution in [0.2, 0.25) is 0 Å². The van der Waals surface area contributed by atoms with Crippen molar-refractivity contribution in [3.05, 3.63) is 11.8 Å². The molecule has 0 bridgehead atoms. The maximum absolute atomic E-state index is 11.1. The molecule has 1 saturated heterocycles. The minimum absolute atomic E-state index is 0.357. The molecule has 84 valence electrons. The Hall–Kier alpha value is -0.760. The second-order valence-corrected chi connectivity index (χ2v) is 4.49. The van der Waals surface area contributed by atoms with Crippen molar-refractivity contribution >= 4 is 11.0 Å². The maximum atomic E-state index is 11.1. The molecule has 1 atom stereocenters. The first-order valence-corrected chi connectivity index (χ1v) is 5.64. The highest BCUT2D eigenvalue weighted by molar-refractivity contribution is 7.82. The van der Waals surface area contributed by atoms with Gasteiger partial charge in [0, 0.05) is 20.2 Å². The van der Waals surface area contributed by atoms with Crippen molar-refractivity contribution in [2.45, 2.75) is 10.6 Å². The van der Waals surface area contributed by atoms with E-state index in [0.717, 1.165) is 5.69 Å². The van der Waals surface area contributed by atoms with Crippen LogP contribution in [-0.4, -0.2) is 34.3 Å². The van der Waals surface area contributed by atoms with Gasteiger partial charge in [0.2, 0.25) is 0 Å². The lowest BCUT2D eigenvalue weighted by molar-refractivity contribution is -0.206. The number of aromatic nitrogens is 2. The first kappa shape index (κ1) is 10.7. The molecule has 1 aromatic heterocycles. The average Bonchev–Trinajstić information content (AvgIpc) is 2.48. The molecule has 7 heteroatoms. The minimum atomic E-state index is -1.56. The van der Waals surface area contributed by atoms with Crippen molar-refractivity contribution in [1.82, 2.24) is 9.78 Å². The van der Waals surface area contributed by atoms with E-state index in [4.69, 9.17) is 14.6 Å². The van der Waals surface area contributed by atoms with Gasteiger partial charge in [0.1, 0.15) is 11.0 Å². The summed E-state index contributed by atoms with van der Waals surface area (Å²) in [4.78, 5) is 0. The van der Waals surface area contributed by atoms with Gasteiger partial charge in [0.15, 0.2) is 10.6 Å². The highest BCUT2D eigenvalue weighted by atomic mass is 32.2. The van der Waals surface area contributed by atoms with Gasteiger partial charge in [-0.15, -0.1) is 0 Å². The Morgan fingerprint density at radius 3 is 2.73 bits per heavy atom. The fourth-order valence-corrected chi connectivity index (χ4v) is 2.05. The van der Waals surface area contributed by atoms with E-state index in [-0.39, 0.29) is 0 Å². The summed E-state index contributed by atoms with van der Waals surface area (Å²) in [5, 5.41) is 9.68. The van der Waals surface area contributed by atoms with Crippen LogP contribution >= 0.6 is 0 Å². The van der Waals surface area contributed by atoms with Crippen LogP contribution in [0.25, 0.3) is 0 Å². The van der Waals surface area contributed by atoms with Crippen LogP contribution in [0.15, 0.2) is 11.1 Å². The zero-order valence-corrected chi connectivity index (χ0v) is 9.41. The molecule has 0 amide bonds. The summed E-state index contributed by atoms with van der Waals surface area (Å²) < 4.78 is 23.2.